The Labute approximate surface area is 100 Å². The maximum Gasteiger partial charge on any atom is 0.354 e. The van der Waals surface area contributed by atoms with Crippen molar-refractivity contribution in [2.75, 3.05) is 0 Å². The second-order valence-corrected chi connectivity index (χ2v) is 6.69. The van der Waals surface area contributed by atoms with Gasteiger partial charge in [-0.15, -0.1) is 0 Å². The van der Waals surface area contributed by atoms with E-state index in [2.05, 4.69) is 4.98 Å². The molecule has 0 aliphatic rings. The van der Waals surface area contributed by atoms with E-state index in [9.17, 15) is 13.2 Å². The van der Waals surface area contributed by atoms with Gasteiger partial charge in [0.1, 0.15) is 5.69 Å². The van der Waals surface area contributed by atoms with Crippen molar-refractivity contribution in [3.63, 3.8) is 0 Å². The number of carbonyl (C=O) groups is 1. The topological polar surface area (TPSA) is 89.3 Å². The molecule has 0 aliphatic carbocycles. The van der Waals surface area contributed by atoms with Gasteiger partial charge < -0.3 is 9.67 Å². The van der Waals surface area contributed by atoms with Gasteiger partial charge in [0.15, 0.2) is 0 Å². The molecular weight excluding hydrogens is 244 g/mol. The first-order chi connectivity index (χ1) is 7.69. The van der Waals surface area contributed by atoms with Crippen LogP contribution in [-0.4, -0.2) is 34.3 Å². The molecule has 0 saturated carbocycles. The highest BCUT2D eigenvalue weighted by atomic mass is 32.2. The van der Waals surface area contributed by atoms with E-state index in [1.807, 2.05) is 0 Å². The first-order valence-corrected chi connectivity index (χ1v) is 6.78. The number of rotatable bonds is 4. The molecule has 1 N–H and O–H groups in total. The maximum absolute atomic E-state index is 12.0. The Morgan fingerprint density at radius 2 is 1.88 bits per heavy atom. The van der Waals surface area contributed by atoms with Crippen molar-refractivity contribution < 1.29 is 18.3 Å². The zero-order valence-corrected chi connectivity index (χ0v) is 11.0. The molecule has 17 heavy (non-hydrogen) atoms. The average molecular weight is 260 g/mol. The number of hydrogen-bond donors (Lipinski definition) is 1. The normalized spacial score (nSPS) is 12.4. The molecule has 0 saturated heterocycles. The Bertz CT molecular complexity index is 529. The number of carboxylic acid groups (broad SMARTS) is 1. The first-order valence-electron chi connectivity index (χ1n) is 5.24. The van der Waals surface area contributed by atoms with Crippen LogP contribution < -0.4 is 0 Å². The lowest BCUT2D eigenvalue weighted by Gasteiger charge is -2.15. The molecule has 0 spiro atoms. The molecule has 7 heteroatoms. The van der Waals surface area contributed by atoms with Crippen LogP contribution >= 0.6 is 0 Å². The van der Waals surface area contributed by atoms with Crippen LogP contribution in [0.15, 0.2) is 11.4 Å². The Balaban J connectivity index is 3.52. The molecule has 96 valence electrons. The summed E-state index contributed by atoms with van der Waals surface area (Å²) in [5.74, 6) is -1.18. The summed E-state index contributed by atoms with van der Waals surface area (Å²) < 4.78 is 25.3. The summed E-state index contributed by atoms with van der Waals surface area (Å²) in [4.78, 5) is 14.7. The second-order valence-electron chi connectivity index (χ2n) is 4.29. The number of nitrogens with zero attached hydrogens (tertiary/aromatic N) is 2. The van der Waals surface area contributed by atoms with Crippen LogP contribution in [0.2, 0.25) is 0 Å². The lowest BCUT2D eigenvalue weighted by molar-refractivity contribution is 0.0682. The molecule has 6 nitrogen and oxygen atoms in total. The summed E-state index contributed by atoms with van der Waals surface area (Å²) in [6, 6.07) is -0.285. The quantitative estimate of drug-likeness (QED) is 0.882. The minimum absolute atomic E-state index is 0.112. The number of sulfone groups is 1. The summed E-state index contributed by atoms with van der Waals surface area (Å²) in [5.41, 5.74) is -0.112. The molecule has 0 bridgehead atoms. The van der Waals surface area contributed by atoms with E-state index in [1.54, 1.807) is 13.8 Å². The smallest absolute Gasteiger partial charge is 0.354 e. The van der Waals surface area contributed by atoms with E-state index >= 15 is 0 Å². The fourth-order valence-electron chi connectivity index (χ4n) is 1.42. The van der Waals surface area contributed by atoms with Crippen LogP contribution in [0.25, 0.3) is 0 Å². The van der Waals surface area contributed by atoms with Gasteiger partial charge in [-0.25, -0.2) is 18.2 Å². The van der Waals surface area contributed by atoms with Crippen molar-refractivity contribution in [3.05, 3.63) is 11.9 Å². The molecule has 1 rings (SSSR count). The third kappa shape index (κ3) is 2.33. The van der Waals surface area contributed by atoms with E-state index in [0.717, 1.165) is 6.20 Å². The van der Waals surface area contributed by atoms with Crippen LogP contribution in [-0.2, 0) is 9.84 Å². The van der Waals surface area contributed by atoms with Gasteiger partial charge in [-0.05, 0) is 27.7 Å². The highest BCUT2D eigenvalue weighted by Crippen LogP contribution is 2.21. The van der Waals surface area contributed by atoms with Gasteiger partial charge in [0, 0.05) is 6.04 Å². The number of carboxylic acids is 1. The number of imidazole rings is 1. The van der Waals surface area contributed by atoms with E-state index in [-0.39, 0.29) is 16.9 Å². The van der Waals surface area contributed by atoms with Crippen LogP contribution in [0, 0.1) is 0 Å². The predicted molar refractivity (Wildman–Crippen MR) is 61.9 cm³/mol. The number of aromatic carboxylic acids is 1. The zero-order chi connectivity index (χ0) is 13.4. The Kier molecular flexibility index (Phi) is 3.61. The molecule has 0 amide bonds. The van der Waals surface area contributed by atoms with E-state index < -0.39 is 21.1 Å². The fraction of sp³-hybridized carbons (Fsp3) is 0.600. The molecule has 0 aromatic carbocycles. The highest BCUT2D eigenvalue weighted by Gasteiger charge is 2.29. The molecule has 1 heterocycles. The van der Waals surface area contributed by atoms with Crippen molar-refractivity contribution in [2.45, 2.75) is 44.1 Å². The number of aromatic nitrogens is 2. The summed E-state index contributed by atoms with van der Waals surface area (Å²) in [7, 11) is -3.58. The molecule has 0 aliphatic heterocycles. The van der Waals surface area contributed by atoms with Gasteiger partial charge >= 0.3 is 5.97 Å². The van der Waals surface area contributed by atoms with Crippen molar-refractivity contribution in [2.24, 2.45) is 0 Å². The van der Waals surface area contributed by atoms with Crippen LogP contribution in [0.3, 0.4) is 0 Å². The second kappa shape index (κ2) is 4.48. The van der Waals surface area contributed by atoms with Crippen LogP contribution in [0.1, 0.15) is 44.2 Å². The molecule has 0 radical (unpaired) electrons. The lowest BCUT2D eigenvalue weighted by Crippen LogP contribution is -2.22. The molecule has 0 atom stereocenters. The predicted octanol–water partition coefficient (Wildman–Crippen LogP) is 1.34. The van der Waals surface area contributed by atoms with Crippen molar-refractivity contribution in [1.29, 1.82) is 0 Å². The Morgan fingerprint density at radius 1 is 1.35 bits per heavy atom. The van der Waals surface area contributed by atoms with Crippen LogP contribution in [0.4, 0.5) is 0 Å². The van der Waals surface area contributed by atoms with Crippen molar-refractivity contribution >= 4 is 15.8 Å². The first kappa shape index (κ1) is 13.7. The van der Waals surface area contributed by atoms with Gasteiger partial charge in [-0.3, -0.25) is 0 Å². The van der Waals surface area contributed by atoms with Gasteiger partial charge in [0.2, 0.25) is 15.0 Å². The van der Waals surface area contributed by atoms with E-state index in [0.29, 0.717) is 0 Å². The lowest BCUT2D eigenvalue weighted by atomic mass is 10.3. The van der Waals surface area contributed by atoms with Crippen molar-refractivity contribution in [3.8, 4) is 0 Å². The molecular formula is C10H16N2O4S. The van der Waals surface area contributed by atoms with E-state index in [1.165, 1.54) is 18.4 Å². The highest BCUT2D eigenvalue weighted by molar-refractivity contribution is 7.91. The van der Waals surface area contributed by atoms with Crippen molar-refractivity contribution in [1.82, 2.24) is 9.55 Å². The minimum Gasteiger partial charge on any atom is -0.477 e. The zero-order valence-electron chi connectivity index (χ0n) is 10.2. The summed E-state index contributed by atoms with van der Waals surface area (Å²) in [5, 5.41) is 8.16. The molecule has 0 fully saturated rings. The Morgan fingerprint density at radius 3 is 2.24 bits per heavy atom. The monoisotopic (exact) mass is 260 g/mol. The third-order valence-corrected chi connectivity index (χ3v) is 4.43. The van der Waals surface area contributed by atoms with Gasteiger partial charge in [0.05, 0.1) is 11.4 Å². The Hall–Kier alpha value is -1.37. The average Bonchev–Trinajstić information content (AvgIpc) is 2.61. The summed E-state index contributed by atoms with van der Waals surface area (Å²) >= 11 is 0. The molecule has 1 aromatic heterocycles. The number of hydrogen-bond acceptors (Lipinski definition) is 4. The minimum atomic E-state index is -3.58. The fourth-order valence-corrected chi connectivity index (χ4v) is 2.63. The largest absolute Gasteiger partial charge is 0.477 e. The summed E-state index contributed by atoms with van der Waals surface area (Å²) in [6.45, 7) is 6.51. The van der Waals surface area contributed by atoms with Gasteiger partial charge in [-0.1, -0.05) is 0 Å². The third-order valence-electron chi connectivity index (χ3n) is 2.37. The standard InChI is InChI=1S/C10H16N2O4S/c1-6(2)12-8(9(13)14)5-11-10(12)17(15,16)7(3)4/h5-7H,1-4H3,(H,13,14). The van der Waals surface area contributed by atoms with E-state index in [4.69, 9.17) is 5.11 Å². The molecule has 1 aromatic rings. The van der Waals surface area contributed by atoms with Gasteiger partial charge in [0.25, 0.3) is 0 Å². The summed E-state index contributed by atoms with van der Waals surface area (Å²) in [6.07, 6.45) is 1.08. The molecule has 0 unspecified atom stereocenters. The van der Waals surface area contributed by atoms with Crippen LogP contribution in [0.5, 0.6) is 0 Å². The SMILES string of the molecule is CC(C)n1c(C(=O)O)cnc1S(=O)(=O)C(C)C. The van der Waals surface area contributed by atoms with Gasteiger partial charge in [-0.2, -0.15) is 0 Å². The maximum atomic E-state index is 12.0.